The molecule has 172 valence electrons. The van der Waals surface area contributed by atoms with E-state index in [1.807, 2.05) is 47.4 Å². The maximum Gasteiger partial charge on any atom is 0.254 e. The van der Waals surface area contributed by atoms with Gasteiger partial charge in [-0.15, -0.1) is 0 Å². The molecule has 2 aliphatic heterocycles. The fraction of sp³-hybridized carbons (Fsp3) is 0.250. The van der Waals surface area contributed by atoms with Crippen LogP contribution in [0.1, 0.15) is 39.5 Å². The van der Waals surface area contributed by atoms with Gasteiger partial charge in [0, 0.05) is 34.8 Å². The van der Waals surface area contributed by atoms with Gasteiger partial charge in [-0.05, 0) is 72.6 Å². The number of nitrogens with zero attached hydrogens (tertiary/aromatic N) is 1. The first kappa shape index (κ1) is 22.0. The topological polar surface area (TPSA) is 61.8 Å². The predicted octanol–water partition coefficient (Wildman–Crippen LogP) is 4.22. The Kier molecular flexibility index (Phi) is 5.95. The lowest BCUT2D eigenvalue weighted by molar-refractivity contribution is 0.0701. The van der Waals surface area contributed by atoms with Crippen LogP contribution in [0.2, 0.25) is 0 Å². The average Bonchev–Trinajstić information content (AvgIpc) is 3.33. The maximum absolute atomic E-state index is 13.4. The number of methoxy groups -OCH3 is 1. The van der Waals surface area contributed by atoms with E-state index >= 15 is 0 Å². The number of carbonyl (C=O) groups is 1. The number of likely N-dealkylation sites (tertiary alicyclic amines) is 1. The molecule has 1 fully saturated rings. The molecule has 34 heavy (non-hydrogen) atoms. The summed E-state index contributed by atoms with van der Waals surface area (Å²) in [4.78, 5) is 15.2. The molecule has 0 aliphatic carbocycles. The third-order valence-electron chi connectivity index (χ3n) is 6.64. The first-order chi connectivity index (χ1) is 16.6. The van der Waals surface area contributed by atoms with Gasteiger partial charge < -0.3 is 20.1 Å². The number of aliphatic hydroxyl groups is 1. The van der Waals surface area contributed by atoms with Crippen molar-refractivity contribution in [2.75, 3.05) is 25.6 Å². The van der Waals surface area contributed by atoms with E-state index in [0.717, 1.165) is 34.5 Å². The summed E-state index contributed by atoms with van der Waals surface area (Å²) >= 11 is 0. The quantitative estimate of drug-likeness (QED) is 0.580. The highest BCUT2D eigenvalue weighted by atomic mass is 19.1. The van der Waals surface area contributed by atoms with Gasteiger partial charge in [0.2, 0.25) is 0 Å². The van der Waals surface area contributed by atoms with Crippen LogP contribution in [-0.2, 0) is 0 Å². The van der Waals surface area contributed by atoms with Gasteiger partial charge in [-0.1, -0.05) is 17.9 Å². The fourth-order valence-electron chi connectivity index (χ4n) is 4.97. The number of amides is 1. The molecule has 1 amide bonds. The number of hydrogen-bond donors (Lipinski definition) is 2. The van der Waals surface area contributed by atoms with Crippen LogP contribution in [0.4, 0.5) is 10.1 Å². The zero-order valence-corrected chi connectivity index (χ0v) is 18.8. The van der Waals surface area contributed by atoms with Crippen molar-refractivity contribution in [1.29, 1.82) is 0 Å². The Labute approximate surface area is 198 Å². The van der Waals surface area contributed by atoms with Crippen LogP contribution in [0.3, 0.4) is 0 Å². The molecule has 5 nitrogen and oxygen atoms in total. The highest BCUT2D eigenvalue weighted by Crippen LogP contribution is 2.47. The molecule has 0 spiro atoms. The summed E-state index contributed by atoms with van der Waals surface area (Å²) in [5.41, 5.74) is 4.02. The molecule has 2 heterocycles. The van der Waals surface area contributed by atoms with E-state index in [1.54, 1.807) is 7.11 Å². The average molecular weight is 457 g/mol. The molecule has 6 heteroatoms. The number of halogens is 1. The van der Waals surface area contributed by atoms with Crippen molar-refractivity contribution in [3.05, 3.63) is 94.8 Å². The van der Waals surface area contributed by atoms with Crippen LogP contribution in [0.15, 0.2) is 66.7 Å². The van der Waals surface area contributed by atoms with Crippen molar-refractivity contribution in [2.45, 2.75) is 18.5 Å². The van der Waals surface area contributed by atoms with Gasteiger partial charge in [0.1, 0.15) is 11.6 Å². The zero-order valence-electron chi connectivity index (χ0n) is 18.8. The normalized spacial score (nSPS) is 20.4. The number of carbonyl (C=O) groups excluding carboxylic acids is 1. The van der Waals surface area contributed by atoms with Crippen LogP contribution >= 0.6 is 0 Å². The number of benzene rings is 3. The highest BCUT2D eigenvalue weighted by Gasteiger charge is 2.45. The zero-order chi connectivity index (χ0) is 23.7. The summed E-state index contributed by atoms with van der Waals surface area (Å²) in [6.45, 7) is 0.555. The Hall–Kier alpha value is -3.82. The maximum atomic E-state index is 13.4. The Balaban J connectivity index is 1.50. The van der Waals surface area contributed by atoms with E-state index in [2.05, 4.69) is 17.2 Å². The molecule has 0 radical (unpaired) electrons. The van der Waals surface area contributed by atoms with E-state index in [0.29, 0.717) is 12.1 Å². The molecule has 0 unspecified atom stereocenters. The second-order valence-electron chi connectivity index (χ2n) is 8.62. The van der Waals surface area contributed by atoms with E-state index in [9.17, 15) is 14.3 Å². The minimum Gasteiger partial charge on any atom is -0.497 e. The summed E-state index contributed by atoms with van der Waals surface area (Å²) < 4.78 is 18.7. The molecular formula is C28H25FN2O3. The number of fused-ring (bicyclic) bond motifs is 3. The largest absolute Gasteiger partial charge is 0.497 e. The molecule has 3 atom stereocenters. The van der Waals surface area contributed by atoms with Gasteiger partial charge in [0.25, 0.3) is 5.91 Å². The Morgan fingerprint density at radius 1 is 1.12 bits per heavy atom. The molecule has 3 aromatic rings. The van der Waals surface area contributed by atoms with Crippen molar-refractivity contribution >= 4 is 11.6 Å². The number of ether oxygens (including phenoxy) is 1. The van der Waals surface area contributed by atoms with E-state index < -0.39 is 0 Å². The van der Waals surface area contributed by atoms with Crippen molar-refractivity contribution in [1.82, 2.24) is 4.90 Å². The summed E-state index contributed by atoms with van der Waals surface area (Å²) in [5.74, 6) is 6.72. The second kappa shape index (κ2) is 9.20. The lowest BCUT2D eigenvalue weighted by atomic mass is 9.82. The first-order valence-corrected chi connectivity index (χ1v) is 11.3. The summed E-state index contributed by atoms with van der Waals surface area (Å²) in [5, 5.41) is 13.4. The highest BCUT2D eigenvalue weighted by molar-refractivity contribution is 5.95. The molecule has 0 saturated carbocycles. The predicted molar refractivity (Wildman–Crippen MR) is 128 cm³/mol. The van der Waals surface area contributed by atoms with Gasteiger partial charge in [0.05, 0.1) is 25.8 Å². The number of nitrogens with one attached hydrogen (secondary N) is 1. The van der Waals surface area contributed by atoms with Gasteiger partial charge >= 0.3 is 0 Å². The molecular weight excluding hydrogens is 431 g/mol. The fourth-order valence-corrected chi connectivity index (χ4v) is 4.97. The molecule has 2 aliphatic rings. The van der Waals surface area contributed by atoms with Gasteiger partial charge in [-0.25, -0.2) is 4.39 Å². The van der Waals surface area contributed by atoms with Crippen molar-refractivity contribution in [3.63, 3.8) is 0 Å². The van der Waals surface area contributed by atoms with Gasteiger partial charge in [0.15, 0.2) is 0 Å². The number of anilines is 1. The first-order valence-electron chi connectivity index (χ1n) is 11.3. The number of rotatable bonds is 3. The minimum atomic E-state index is -0.373. The van der Waals surface area contributed by atoms with E-state index in [1.165, 1.54) is 24.3 Å². The lowest BCUT2D eigenvalue weighted by Gasteiger charge is -2.39. The Morgan fingerprint density at radius 2 is 1.88 bits per heavy atom. The van der Waals surface area contributed by atoms with Crippen molar-refractivity contribution in [3.8, 4) is 17.6 Å². The number of hydrogen-bond acceptors (Lipinski definition) is 4. The van der Waals surface area contributed by atoms with Crippen molar-refractivity contribution < 1.29 is 19.0 Å². The van der Waals surface area contributed by atoms with E-state index in [-0.39, 0.29) is 36.3 Å². The third-order valence-corrected chi connectivity index (χ3v) is 6.64. The standard InChI is InChI=1S/C28H25FN2O3/c1-34-22-4-2-3-18(15-22)5-6-19-7-12-25-24(16-19)27-23(26(17-32)30-25)13-14-31(27)28(33)20-8-10-21(29)11-9-20/h2-4,7-12,15-16,23,26-27,30,32H,13-14,17H2,1H3/t23-,26+,27-/m1/s1. The SMILES string of the molecule is COc1cccc(C#Cc2ccc3c(c2)[C@H]2[C@H](CCN2C(=O)c2ccc(F)cc2)[C@H](CO)N3)c1. The van der Waals surface area contributed by atoms with Gasteiger partial charge in [-0.3, -0.25) is 4.79 Å². The molecule has 0 bridgehead atoms. The summed E-state index contributed by atoms with van der Waals surface area (Å²) in [7, 11) is 1.62. The van der Waals surface area contributed by atoms with Crippen molar-refractivity contribution in [2.24, 2.45) is 5.92 Å². The van der Waals surface area contributed by atoms with E-state index in [4.69, 9.17) is 4.74 Å². The second-order valence-corrected chi connectivity index (χ2v) is 8.62. The Morgan fingerprint density at radius 3 is 2.62 bits per heavy atom. The van der Waals surface area contributed by atoms with Gasteiger partial charge in [-0.2, -0.15) is 0 Å². The van der Waals surface area contributed by atoms with Crippen LogP contribution < -0.4 is 10.1 Å². The van der Waals surface area contributed by atoms with Crippen LogP contribution in [0.5, 0.6) is 5.75 Å². The minimum absolute atomic E-state index is 0.0173. The molecule has 2 N–H and O–H groups in total. The molecule has 5 rings (SSSR count). The monoisotopic (exact) mass is 456 g/mol. The summed E-state index contributed by atoms with van der Waals surface area (Å²) in [6.07, 6.45) is 0.773. The third kappa shape index (κ3) is 4.11. The lowest BCUT2D eigenvalue weighted by Crippen LogP contribution is -2.42. The van der Waals surface area contributed by atoms with Crippen LogP contribution in [0.25, 0.3) is 0 Å². The molecule has 0 aromatic heterocycles. The Bertz CT molecular complexity index is 1280. The molecule has 3 aromatic carbocycles. The molecule has 1 saturated heterocycles. The smallest absolute Gasteiger partial charge is 0.254 e. The van der Waals surface area contributed by atoms with Crippen LogP contribution in [-0.4, -0.2) is 42.2 Å². The van der Waals surface area contributed by atoms with Crippen LogP contribution in [0, 0.1) is 23.6 Å². The summed E-state index contributed by atoms with van der Waals surface area (Å²) in [6, 6.07) is 18.8. The number of aliphatic hydroxyl groups excluding tert-OH is 1.